The van der Waals surface area contributed by atoms with Crippen LogP contribution in [0.2, 0.25) is 5.15 Å². The molecule has 0 aliphatic rings. The Kier molecular flexibility index (Phi) is 3.58. The fourth-order valence-corrected chi connectivity index (χ4v) is 3.19. The Bertz CT molecular complexity index is 796. The minimum atomic E-state index is -0.562. The molecule has 0 fully saturated rings. The van der Waals surface area contributed by atoms with Gasteiger partial charge in [-0.05, 0) is 12.1 Å². The van der Waals surface area contributed by atoms with Crippen molar-refractivity contribution >= 4 is 38.8 Å². The molecule has 2 heterocycles. The van der Waals surface area contributed by atoms with E-state index in [0.717, 1.165) is 10.2 Å². The summed E-state index contributed by atoms with van der Waals surface area (Å²) in [5.41, 5.74) is 0.713. The van der Waals surface area contributed by atoms with E-state index in [1.165, 1.54) is 23.1 Å². The highest BCUT2D eigenvalue weighted by Crippen LogP contribution is 2.33. The van der Waals surface area contributed by atoms with Crippen molar-refractivity contribution in [3.05, 3.63) is 45.2 Å². The van der Waals surface area contributed by atoms with Crippen molar-refractivity contribution in [2.45, 2.75) is 6.61 Å². The van der Waals surface area contributed by atoms with Gasteiger partial charge in [0.05, 0.1) is 21.7 Å². The first-order chi connectivity index (χ1) is 10.1. The van der Waals surface area contributed by atoms with Gasteiger partial charge in [-0.15, -0.1) is 0 Å². The molecular formula is C12H9ClN4O3S. The SMILES string of the molecule is COCc1nn(-c2nc3ccccc3s2)c(Cl)c1[N+](=O)[O-]. The summed E-state index contributed by atoms with van der Waals surface area (Å²) in [7, 11) is 1.44. The van der Waals surface area contributed by atoms with Gasteiger partial charge in [-0.3, -0.25) is 10.1 Å². The summed E-state index contributed by atoms with van der Waals surface area (Å²) in [6.45, 7) is 0.00787. The van der Waals surface area contributed by atoms with Crippen molar-refractivity contribution in [1.29, 1.82) is 0 Å². The van der Waals surface area contributed by atoms with Crippen molar-refractivity contribution < 1.29 is 9.66 Å². The van der Waals surface area contributed by atoms with E-state index in [1.54, 1.807) is 0 Å². The summed E-state index contributed by atoms with van der Waals surface area (Å²) in [6, 6.07) is 7.54. The number of methoxy groups -OCH3 is 1. The van der Waals surface area contributed by atoms with E-state index in [-0.39, 0.29) is 23.1 Å². The molecule has 9 heteroatoms. The summed E-state index contributed by atoms with van der Waals surface area (Å²) in [5.74, 6) is 0. The maximum Gasteiger partial charge on any atom is 0.332 e. The van der Waals surface area contributed by atoms with Crippen molar-refractivity contribution in [3.8, 4) is 5.13 Å². The molecule has 1 aromatic carbocycles. The van der Waals surface area contributed by atoms with Crippen LogP contribution >= 0.6 is 22.9 Å². The third-order valence-electron chi connectivity index (χ3n) is 2.80. The second kappa shape index (κ2) is 5.40. The molecule has 0 bridgehead atoms. The molecule has 0 saturated heterocycles. The third kappa shape index (κ3) is 2.37. The lowest BCUT2D eigenvalue weighted by Gasteiger charge is -1.94. The van der Waals surface area contributed by atoms with Gasteiger partial charge >= 0.3 is 5.69 Å². The van der Waals surface area contributed by atoms with Crippen LogP contribution in [0.5, 0.6) is 0 Å². The number of hydrogen-bond donors (Lipinski definition) is 0. The van der Waals surface area contributed by atoms with E-state index >= 15 is 0 Å². The zero-order chi connectivity index (χ0) is 15.0. The number of ether oxygens (including phenoxy) is 1. The molecule has 108 valence electrons. The number of para-hydroxylation sites is 1. The molecule has 3 rings (SSSR count). The van der Waals surface area contributed by atoms with E-state index in [0.29, 0.717) is 5.13 Å². The molecule has 0 atom stereocenters. The molecule has 0 amide bonds. The van der Waals surface area contributed by atoms with Crippen molar-refractivity contribution in [1.82, 2.24) is 14.8 Å². The van der Waals surface area contributed by atoms with Gasteiger partial charge in [0, 0.05) is 7.11 Å². The summed E-state index contributed by atoms with van der Waals surface area (Å²) in [6.07, 6.45) is 0. The largest absolute Gasteiger partial charge is 0.378 e. The molecule has 0 unspecified atom stereocenters. The standard InChI is InChI=1S/C12H9ClN4O3S/c1-20-6-8-10(17(18)19)11(13)16(15-8)12-14-7-4-2-3-5-9(7)21-12/h2-5H,6H2,1H3. The van der Waals surface area contributed by atoms with Crippen LogP contribution in [0.3, 0.4) is 0 Å². The molecule has 0 saturated carbocycles. The van der Waals surface area contributed by atoms with Crippen LogP contribution in [0.25, 0.3) is 15.3 Å². The van der Waals surface area contributed by atoms with Gasteiger partial charge in [0.2, 0.25) is 10.3 Å². The maximum atomic E-state index is 11.1. The Balaban J connectivity index is 2.17. The van der Waals surface area contributed by atoms with E-state index < -0.39 is 4.92 Å². The predicted octanol–water partition coefficient (Wildman–Crippen LogP) is 3.19. The zero-order valence-electron chi connectivity index (χ0n) is 10.8. The Morgan fingerprint density at radius 2 is 2.24 bits per heavy atom. The van der Waals surface area contributed by atoms with Crippen molar-refractivity contribution in [2.24, 2.45) is 0 Å². The van der Waals surface area contributed by atoms with E-state index in [9.17, 15) is 10.1 Å². The highest BCUT2D eigenvalue weighted by atomic mass is 35.5. The predicted molar refractivity (Wildman–Crippen MR) is 79.1 cm³/mol. The van der Waals surface area contributed by atoms with Crippen LogP contribution in [0, 0.1) is 10.1 Å². The van der Waals surface area contributed by atoms with Gasteiger partial charge in [-0.25, -0.2) is 4.98 Å². The van der Waals surface area contributed by atoms with E-state index in [2.05, 4.69) is 10.1 Å². The number of aromatic nitrogens is 3. The number of benzene rings is 1. The number of thiazole rings is 1. The molecule has 0 radical (unpaired) electrons. The normalized spacial score (nSPS) is 11.1. The fourth-order valence-electron chi connectivity index (χ4n) is 1.92. The first-order valence-electron chi connectivity index (χ1n) is 5.88. The van der Waals surface area contributed by atoms with Crippen LogP contribution in [-0.4, -0.2) is 26.8 Å². The third-order valence-corrected chi connectivity index (χ3v) is 4.15. The molecule has 0 N–H and O–H groups in total. The van der Waals surface area contributed by atoms with Crippen LogP contribution in [-0.2, 0) is 11.3 Å². The van der Waals surface area contributed by atoms with Crippen LogP contribution < -0.4 is 0 Å². The van der Waals surface area contributed by atoms with Gasteiger partial charge in [0.1, 0.15) is 0 Å². The van der Waals surface area contributed by atoms with Crippen LogP contribution in [0.15, 0.2) is 24.3 Å². The molecule has 21 heavy (non-hydrogen) atoms. The first kappa shape index (κ1) is 13.9. The molecule has 0 aliphatic carbocycles. The van der Waals surface area contributed by atoms with Crippen LogP contribution in [0.4, 0.5) is 5.69 Å². The lowest BCUT2D eigenvalue weighted by Crippen LogP contribution is -1.97. The lowest BCUT2D eigenvalue weighted by atomic mass is 10.3. The number of halogens is 1. The van der Waals surface area contributed by atoms with Crippen molar-refractivity contribution in [2.75, 3.05) is 7.11 Å². The summed E-state index contributed by atoms with van der Waals surface area (Å²) in [5, 5.41) is 15.7. The molecule has 7 nitrogen and oxygen atoms in total. The van der Waals surface area contributed by atoms with Gasteiger partial charge in [-0.2, -0.15) is 9.78 Å². The number of fused-ring (bicyclic) bond motifs is 1. The smallest absolute Gasteiger partial charge is 0.332 e. The molecule has 3 aromatic rings. The van der Waals surface area contributed by atoms with Crippen LogP contribution in [0.1, 0.15) is 5.69 Å². The van der Waals surface area contributed by atoms with Crippen molar-refractivity contribution in [3.63, 3.8) is 0 Å². The molecule has 0 aliphatic heterocycles. The second-order valence-electron chi connectivity index (χ2n) is 4.15. The Hall–Kier alpha value is -2.03. The number of nitrogens with zero attached hydrogens (tertiary/aromatic N) is 4. The van der Waals surface area contributed by atoms with Gasteiger partial charge in [-0.1, -0.05) is 35.1 Å². The van der Waals surface area contributed by atoms with E-state index in [1.807, 2.05) is 24.3 Å². The minimum absolute atomic E-state index is 0.00787. The lowest BCUT2D eigenvalue weighted by molar-refractivity contribution is -0.385. The van der Waals surface area contributed by atoms with Gasteiger partial charge in [0.25, 0.3) is 0 Å². The quantitative estimate of drug-likeness (QED) is 0.543. The summed E-state index contributed by atoms with van der Waals surface area (Å²) >= 11 is 7.45. The average Bonchev–Trinajstić information content (AvgIpc) is 3.00. The number of hydrogen-bond acceptors (Lipinski definition) is 6. The fraction of sp³-hybridized carbons (Fsp3) is 0.167. The maximum absolute atomic E-state index is 11.1. The average molecular weight is 325 g/mol. The monoisotopic (exact) mass is 324 g/mol. The molecule has 2 aromatic heterocycles. The Labute approximate surface area is 127 Å². The molecular weight excluding hydrogens is 316 g/mol. The Morgan fingerprint density at radius 1 is 1.48 bits per heavy atom. The topological polar surface area (TPSA) is 83.1 Å². The number of rotatable bonds is 4. The van der Waals surface area contributed by atoms with Gasteiger partial charge < -0.3 is 4.74 Å². The highest BCUT2D eigenvalue weighted by Gasteiger charge is 2.28. The highest BCUT2D eigenvalue weighted by molar-refractivity contribution is 7.20. The van der Waals surface area contributed by atoms with Gasteiger partial charge in [0.15, 0.2) is 5.69 Å². The Morgan fingerprint density at radius 3 is 2.90 bits per heavy atom. The number of nitro groups is 1. The second-order valence-corrected chi connectivity index (χ2v) is 5.52. The minimum Gasteiger partial charge on any atom is -0.378 e. The summed E-state index contributed by atoms with van der Waals surface area (Å²) < 4.78 is 7.16. The first-order valence-corrected chi connectivity index (χ1v) is 7.08. The molecule has 0 spiro atoms. The van der Waals surface area contributed by atoms with E-state index in [4.69, 9.17) is 16.3 Å². The zero-order valence-corrected chi connectivity index (χ0v) is 12.4. The summed E-state index contributed by atoms with van der Waals surface area (Å²) in [4.78, 5) is 15.0.